The van der Waals surface area contributed by atoms with Crippen LogP contribution in [-0.4, -0.2) is 24.8 Å². The molecule has 0 spiro atoms. The topological polar surface area (TPSA) is 55.8 Å². The van der Waals surface area contributed by atoms with E-state index in [9.17, 15) is 9.90 Å². The van der Waals surface area contributed by atoms with Crippen LogP contribution in [0.4, 0.5) is 0 Å². The first-order valence-corrected chi connectivity index (χ1v) is 5.21. The molecule has 0 amide bonds. The van der Waals surface area contributed by atoms with Gasteiger partial charge in [-0.2, -0.15) is 0 Å². The molecule has 1 heterocycles. The van der Waals surface area contributed by atoms with E-state index < -0.39 is 12.0 Å². The molecule has 0 aromatic heterocycles. The second kappa shape index (κ2) is 4.53. The number of hydrogen-bond acceptors (Lipinski definition) is 4. The zero-order valence-electron chi connectivity index (χ0n) is 9.05. The lowest BCUT2D eigenvalue weighted by Gasteiger charge is -2.15. The molecule has 0 bridgehead atoms. The molecule has 4 heteroatoms. The maximum atomic E-state index is 11.3. The third-order valence-corrected chi connectivity index (χ3v) is 2.81. The molecule has 1 fully saturated rings. The highest BCUT2D eigenvalue weighted by Gasteiger charge is 2.33. The van der Waals surface area contributed by atoms with Crippen LogP contribution in [0.15, 0.2) is 24.3 Å². The van der Waals surface area contributed by atoms with Crippen molar-refractivity contribution in [3.05, 3.63) is 29.8 Å². The highest BCUT2D eigenvalue weighted by atomic mass is 16.5. The lowest BCUT2D eigenvalue weighted by Crippen LogP contribution is -2.17. The van der Waals surface area contributed by atoms with Crippen LogP contribution >= 0.6 is 0 Å². The fourth-order valence-corrected chi connectivity index (χ4v) is 1.83. The number of esters is 1. The number of aliphatic hydroxyl groups is 1. The lowest BCUT2D eigenvalue weighted by molar-refractivity contribution is -0.144. The number of benzene rings is 1. The number of rotatable bonds is 3. The number of methoxy groups -OCH3 is 1. The van der Waals surface area contributed by atoms with E-state index in [1.54, 1.807) is 31.4 Å². The van der Waals surface area contributed by atoms with Crippen molar-refractivity contribution in [2.24, 2.45) is 5.92 Å². The van der Waals surface area contributed by atoms with Gasteiger partial charge >= 0.3 is 5.97 Å². The summed E-state index contributed by atoms with van der Waals surface area (Å²) < 4.78 is 9.85. The summed E-state index contributed by atoms with van der Waals surface area (Å²) in [6.07, 6.45) is -0.215. The van der Waals surface area contributed by atoms with Gasteiger partial charge in [-0.05, 0) is 24.1 Å². The van der Waals surface area contributed by atoms with Crippen LogP contribution in [0, 0.1) is 5.92 Å². The zero-order valence-corrected chi connectivity index (χ0v) is 9.05. The van der Waals surface area contributed by atoms with Crippen LogP contribution < -0.4 is 4.74 Å². The van der Waals surface area contributed by atoms with Crippen LogP contribution in [-0.2, 0) is 9.53 Å². The first kappa shape index (κ1) is 11.0. The molecule has 1 aliphatic rings. The summed E-state index contributed by atoms with van der Waals surface area (Å²) in [6.45, 7) is 0.400. The van der Waals surface area contributed by atoms with Gasteiger partial charge in [-0.3, -0.25) is 4.79 Å². The Balaban J connectivity index is 2.13. The van der Waals surface area contributed by atoms with Crippen LogP contribution in [0.1, 0.15) is 18.1 Å². The molecule has 1 aromatic carbocycles. The van der Waals surface area contributed by atoms with Crippen molar-refractivity contribution in [3.8, 4) is 5.75 Å². The highest BCUT2D eigenvalue weighted by Crippen LogP contribution is 2.30. The number of ether oxygens (including phenoxy) is 2. The van der Waals surface area contributed by atoms with Crippen molar-refractivity contribution in [1.82, 2.24) is 0 Å². The first-order chi connectivity index (χ1) is 7.72. The Hall–Kier alpha value is -1.55. The summed E-state index contributed by atoms with van der Waals surface area (Å²) in [5.41, 5.74) is 0.713. The molecule has 16 heavy (non-hydrogen) atoms. The van der Waals surface area contributed by atoms with E-state index in [-0.39, 0.29) is 5.97 Å². The van der Waals surface area contributed by atoms with Gasteiger partial charge in [0, 0.05) is 0 Å². The van der Waals surface area contributed by atoms with E-state index in [1.165, 1.54) is 0 Å². The number of carbonyl (C=O) groups is 1. The van der Waals surface area contributed by atoms with Gasteiger partial charge in [0.2, 0.25) is 0 Å². The summed E-state index contributed by atoms with van der Waals surface area (Å²) in [4.78, 5) is 11.3. The molecule has 2 atom stereocenters. The molecule has 86 valence electrons. The van der Waals surface area contributed by atoms with Gasteiger partial charge in [-0.1, -0.05) is 12.1 Å². The smallest absolute Gasteiger partial charge is 0.312 e. The maximum Gasteiger partial charge on any atom is 0.312 e. The molecule has 2 unspecified atom stereocenters. The SMILES string of the molecule is COc1ccc(C(O)C2CCOC2=O)cc1. The fraction of sp³-hybridized carbons (Fsp3) is 0.417. The van der Waals surface area contributed by atoms with E-state index in [4.69, 9.17) is 9.47 Å². The van der Waals surface area contributed by atoms with Crippen molar-refractivity contribution < 1.29 is 19.4 Å². The Bertz CT molecular complexity index is 371. The fourth-order valence-electron chi connectivity index (χ4n) is 1.83. The average molecular weight is 222 g/mol. The van der Waals surface area contributed by atoms with E-state index in [0.717, 1.165) is 5.75 Å². The number of carbonyl (C=O) groups excluding carboxylic acids is 1. The minimum atomic E-state index is -0.791. The van der Waals surface area contributed by atoms with Crippen molar-refractivity contribution in [2.75, 3.05) is 13.7 Å². The predicted octanol–water partition coefficient (Wildman–Crippen LogP) is 1.29. The van der Waals surface area contributed by atoms with Gasteiger partial charge in [-0.25, -0.2) is 0 Å². The van der Waals surface area contributed by atoms with Crippen LogP contribution in [0.3, 0.4) is 0 Å². The molecule has 4 nitrogen and oxygen atoms in total. The van der Waals surface area contributed by atoms with Crippen molar-refractivity contribution in [2.45, 2.75) is 12.5 Å². The second-order valence-electron chi connectivity index (χ2n) is 3.78. The van der Waals surface area contributed by atoms with Gasteiger partial charge in [0.25, 0.3) is 0 Å². The standard InChI is InChI=1S/C12H14O4/c1-15-9-4-2-8(3-5-9)11(13)10-6-7-16-12(10)14/h2-5,10-11,13H,6-7H2,1H3. The predicted molar refractivity (Wildman–Crippen MR) is 57.0 cm³/mol. The summed E-state index contributed by atoms with van der Waals surface area (Å²) in [7, 11) is 1.58. The summed E-state index contributed by atoms with van der Waals surface area (Å²) >= 11 is 0. The first-order valence-electron chi connectivity index (χ1n) is 5.21. The quantitative estimate of drug-likeness (QED) is 0.783. The lowest BCUT2D eigenvalue weighted by atomic mass is 9.95. The van der Waals surface area contributed by atoms with Gasteiger partial charge < -0.3 is 14.6 Å². The van der Waals surface area contributed by atoms with Crippen LogP contribution in [0.25, 0.3) is 0 Å². The second-order valence-corrected chi connectivity index (χ2v) is 3.78. The molecule has 1 aromatic rings. The minimum absolute atomic E-state index is 0.316. The number of aliphatic hydroxyl groups excluding tert-OH is 1. The highest BCUT2D eigenvalue weighted by molar-refractivity contribution is 5.75. The summed E-state index contributed by atoms with van der Waals surface area (Å²) in [5, 5.41) is 10.0. The molecule has 0 aliphatic carbocycles. The monoisotopic (exact) mass is 222 g/mol. The van der Waals surface area contributed by atoms with E-state index in [0.29, 0.717) is 18.6 Å². The van der Waals surface area contributed by atoms with Crippen LogP contribution in [0.2, 0.25) is 0 Å². The van der Waals surface area contributed by atoms with Crippen molar-refractivity contribution in [3.63, 3.8) is 0 Å². The molecular formula is C12H14O4. The Morgan fingerprint density at radius 3 is 2.62 bits per heavy atom. The molecule has 1 aliphatic heterocycles. The molecular weight excluding hydrogens is 208 g/mol. The Morgan fingerprint density at radius 2 is 2.12 bits per heavy atom. The molecule has 0 radical (unpaired) electrons. The molecule has 0 saturated carbocycles. The third-order valence-electron chi connectivity index (χ3n) is 2.81. The normalized spacial score (nSPS) is 21.6. The summed E-state index contributed by atoms with van der Waals surface area (Å²) in [6, 6.07) is 7.04. The van der Waals surface area contributed by atoms with Crippen molar-refractivity contribution in [1.29, 1.82) is 0 Å². The van der Waals surface area contributed by atoms with E-state index in [1.807, 2.05) is 0 Å². The Labute approximate surface area is 93.8 Å². The third kappa shape index (κ3) is 2.02. The van der Waals surface area contributed by atoms with Crippen molar-refractivity contribution >= 4 is 5.97 Å². The molecule has 1 saturated heterocycles. The number of cyclic esters (lactones) is 1. The Morgan fingerprint density at radius 1 is 1.44 bits per heavy atom. The van der Waals surface area contributed by atoms with E-state index in [2.05, 4.69) is 0 Å². The largest absolute Gasteiger partial charge is 0.497 e. The summed E-state index contributed by atoms with van der Waals surface area (Å²) in [5.74, 6) is -0.0262. The molecule has 1 N–H and O–H groups in total. The van der Waals surface area contributed by atoms with Gasteiger partial charge in [-0.15, -0.1) is 0 Å². The average Bonchev–Trinajstić information content (AvgIpc) is 2.75. The van der Waals surface area contributed by atoms with Gasteiger partial charge in [0.1, 0.15) is 5.75 Å². The van der Waals surface area contributed by atoms with Gasteiger partial charge in [0.15, 0.2) is 0 Å². The number of hydrogen-bond donors (Lipinski definition) is 1. The van der Waals surface area contributed by atoms with E-state index >= 15 is 0 Å². The maximum absolute atomic E-state index is 11.3. The zero-order chi connectivity index (χ0) is 11.5. The van der Waals surface area contributed by atoms with Gasteiger partial charge in [0.05, 0.1) is 25.7 Å². The van der Waals surface area contributed by atoms with Crippen LogP contribution in [0.5, 0.6) is 5.75 Å². The minimum Gasteiger partial charge on any atom is -0.497 e. The Kier molecular flexibility index (Phi) is 3.10. The molecule has 2 rings (SSSR count).